The van der Waals surface area contributed by atoms with Crippen LogP contribution in [0.5, 0.6) is 0 Å². The molecule has 2 aliphatic rings. The number of H-pyrrole nitrogens is 1. The summed E-state index contributed by atoms with van der Waals surface area (Å²) in [4.78, 5) is 21.9. The van der Waals surface area contributed by atoms with Gasteiger partial charge in [0, 0.05) is 54.2 Å². The highest BCUT2D eigenvalue weighted by atomic mass is 19.1. The van der Waals surface area contributed by atoms with Gasteiger partial charge in [0.05, 0.1) is 17.8 Å². The minimum Gasteiger partial charge on any atom is -0.381 e. The van der Waals surface area contributed by atoms with Crippen molar-refractivity contribution in [2.75, 3.05) is 24.7 Å². The summed E-state index contributed by atoms with van der Waals surface area (Å²) in [6.45, 7) is 2.18. The molecule has 1 aromatic carbocycles. The molecule has 0 saturated carbocycles. The van der Waals surface area contributed by atoms with Crippen LogP contribution in [0.1, 0.15) is 18.5 Å². The molecule has 0 spiro atoms. The van der Waals surface area contributed by atoms with E-state index in [1.54, 1.807) is 12.4 Å². The second-order valence-electron chi connectivity index (χ2n) is 7.32. The van der Waals surface area contributed by atoms with Crippen molar-refractivity contribution in [2.45, 2.75) is 19.3 Å². The third-order valence-electron chi connectivity index (χ3n) is 5.59. The molecule has 2 aromatic heterocycles. The Labute approximate surface area is 156 Å². The van der Waals surface area contributed by atoms with E-state index < -0.39 is 0 Å². The summed E-state index contributed by atoms with van der Waals surface area (Å²) < 4.78 is 20.1. The highest BCUT2D eigenvalue weighted by molar-refractivity contribution is 6.01. The summed E-state index contributed by atoms with van der Waals surface area (Å²) in [6, 6.07) is 7.15. The van der Waals surface area contributed by atoms with E-state index in [0.29, 0.717) is 30.0 Å². The molecule has 138 valence electrons. The average Bonchev–Trinajstić information content (AvgIpc) is 3.25. The van der Waals surface area contributed by atoms with Gasteiger partial charge < -0.3 is 14.6 Å². The number of halogens is 1. The van der Waals surface area contributed by atoms with E-state index in [1.807, 2.05) is 23.1 Å². The average molecular weight is 365 g/mol. The van der Waals surface area contributed by atoms with Crippen LogP contribution in [-0.4, -0.2) is 35.6 Å². The Kier molecular flexibility index (Phi) is 3.93. The van der Waals surface area contributed by atoms with E-state index in [0.717, 1.165) is 48.3 Å². The van der Waals surface area contributed by atoms with Gasteiger partial charge in [0.2, 0.25) is 5.91 Å². The molecule has 2 aliphatic heterocycles. The normalized spacial score (nSPS) is 17.7. The molecule has 0 bridgehead atoms. The van der Waals surface area contributed by atoms with E-state index in [2.05, 4.69) is 9.97 Å². The van der Waals surface area contributed by atoms with Gasteiger partial charge in [-0.1, -0.05) is 0 Å². The number of anilines is 1. The summed E-state index contributed by atoms with van der Waals surface area (Å²) >= 11 is 0. The topological polar surface area (TPSA) is 58.2 Å². The van der Waals surface area contributed by atoms with Crippen LogP contribution in [0.2, 0.25) is 0 Å². The molecule has 1 saturated heterocycles. The van der Waals surface area contributed by atoms with E-state index >= 15 is 0 Å². The number of nitrogens with zero attached hydrogens (tertiary/aromatic N) is 2. The molecule has 3 aromatic rings. The molecule has 0 atom stereocenters. The van der Waals surface area contributed by atoms with E-state index in [-0.39, 0.29) is 11.7 Å². The maximum atomic E-state index is 14.6. The van der Waals surface area contributed by atoms with Crippen LogP contribution in [0.25, 0.3) is 22.0 Å². The quantitative estimate of drug-likeness (QED) is 0.770. The molecule has 6 heteroatoms. The minimum atomic E-state index is -0.299. The van der Waals surface area contributed by atoms with Crippen molar-refractivity contribution in [1.29, 1.82) is 0 Å². The number of amides is 1. The zero-order valence-electron chi connectivity index (χ0n) is 14.9. The highest BCUT2D eigenvalue weighted by Crippen LogP contribution is 2.35. The van der Waals surface area contributed by atoms with Crippen molar-refractivity contribution < 1.29 is 13.9 Å². The molecule has 0 aliphatic carbocycles. The molecule has 5 nitrogen and oxygen atoms in total. The number of carbonyl (C=O) groups excluding carboxylic acids is 1. The predicted molar refractivity (Wildman–Crippen MR) is 101 cm³/mol. The Morgan fingerprint density at radius 3 is 2.96 bits per heavy atom. The third-order valence-corrected chi connectivity index (χ3v) is 5.59. The van der Waals surface area contributed by atoms with Gasteiger partial charge >= 0.3 is 0 Å². The number of aromatic nitrogens is 2. The number of ether oxygens (including phenoxy) is 1. The summed E-state index contributed by atoms with van der Waals surface area (Å²) in [5, 5.41) is 0.946. The van der Waals surface area contributed by atoms with Crippen LogP contribution < -0.4 is 4.90 Å². The van der Waals surface area contributed by atoms with Gasteiger partial charge in [-0.2, -0.15) is 0 Å². The first-order chi connectivity index (χ1) is 13.2. The van der Waals surface area contributed by atoms with Gasteiger partial charge in [-0.3, -0.25) is 9.78 Å². The number of aromatic amines is 1. The maximum absolute atomic E-state index is 14.6. The number of hydrogen-bond donors (Lipinski definition) is 1. The number of pyridine rings is 1. The van der Waals surface area contributed by atoms with Crippen molar-refractivity contribution in [3.05, 3.63) is 48.2 Å². The van der Waals surface area contributed by atoms with E-state index in [9.17, 15) is 9.18 Å². The SMILES string of the molecule is O=C1Cc2ncc(-c3cc4cc[nH]c4cc3F)cc2N1CC1CCOCC1. The number of rotatable bonds is 3. The lowest BCUT2D eigenvalue weighted by atomic mass is 9.99. The second kappa shape index (κ2) is 6.46. The first-order valence-corrected chi connectivity index (χ1v) is 9.33. The van der Waals surface area contributed by atoms with Crippen LogP contribution in [0.15, 0.2) is 36.7 Å². The predicted octanol–water partition coefficient (Wildman–Crippen LogP) is 3.68. The monoisotopic (exact) mass is 365 g/mol. The fourth-order valence-electron chi connectivity index (χ4n) is 4.05. The summed E-state index contributed by atoms with van der Waals surface area (Å²) in [5.41, 5.74) is 3.56. The van der Waals surface area contributed by atoms with Gasteiger partial charge in [-0.05, 0) is 43.0 Å². The van der Waals surface area contributed by atoms with Crippen molar-refractivity contribution >= 4 is 22.5 Å². The lowest BCUT2D eigenvalue weighted by Crippen LogP contribution is -2.34. The summed E-state index contributed by atoms with van der Waals surface area (Å²) in [7, 11) is 0. The molecule has 0 radical (unpaired) electrons. The first-order valence-electron chi connectivity index (χ1n) is 9.33. The highest BCUT2D eigenvalue weighted by Gasteiger charge is 2.31. The Morgan fingerprint density at radius 2 is 2.11 bits per heavy atom. The van der Waals surface area contributed by atoms with Crippen LogP contribution in [0.3, 0.4) is 0 Å². The van der Waals surface area contributed by atoms with Gasteiger partial charge in [-0.15, -0.1) is 0 Å². The van der Waals surface area contributed by atoms with Gasteiger partial charge in [0.1, 0.15) is 5.82 Å². The standard InChI is InChI=1S/C21H20FN3O2/c22-17-9-18-14(1-4-23-18)7-16(17)15-8-20-19(24-11-15)10-21(26)25(20)12-13-2-5-27-6-3-13/h1,4,7-9,11,13,23H,2-3,5-6,10,12H2. The second-order valence-corrected chi connectivity index (χ2v) is 7.32. The van der Waals surface area contributed by atoms with Crippen LogP contribution in [0, 0.1) is 11.7 Å². The molecular formula is C21H20FN3O2. The number of benzene rings is 1. The molecule has 1 N–H and O–H groups in total. The van der Waals surface area contributed by atoms with Gasteiger partial charge in [0.15, 0.2) is 0 Å². The number of nitrogens with one attached hydrogen (secondary N) is 1. The molecule has 27 heavy (non-hydrogen) atoms. The largest absolute Gasteiger partial charge is 0.381 e. The number of carbonyl (C=O) groups is 1. The maximum Gasteiger partial charge on any atom is 0.233 e. The molecule has 1 fully saturated rings. The molecule has 4 heterocycles. The molecule has 0 unspecified atom stereocenters. The van der Waals surface area contributed by atoms with Crippen molar-refractivity contribution in [2.24, 2.45) is 5.92 Å². The Bertz CT molecular complexity index is 1020. The third kappa shape index (κ3) is 2.90. The van der Waals surface area contributed by atoms with Gasteiger partial charge in [-0.25, -0.2) is 4.39 Å². The Hall–Kier alpha value is -2.73. The minimum absolute atomic E-state index is 0.0719. The molecular weight excluding hydrogens is 345 g/mol. The van der Waals surface area contributed by atoms with Crippen LogP contribution in [0.4, 0.5) is 10.1 Å². The molecule has 1 amide bonds. The lowest BCUT2D eigenvalue weighted by molar-refractivity contribution is -0.117. The van der Waals surface area contributed by atoms with Gasteiger partial charge in [0.25, 0.3) is 0 Å². The fourth-order valence-corrected chi connectivity index (χ4v) is 4.05. The van der Waals surface area contributed by atoms with E-state index in [1.165, 1.54) is 6.07 Å². The zero-order chi connectivity index (χ0) is 18.4. The smallest absolute Gasteiger partial charge is 0.233 e. The summed E-state index contributed by atoms with van der Waals surface area (Å²) in [5.74, 6) is 0.208. The summed E-state index contributed by atoms with van der Waals surface area (Å²) in [6.07, 6.45) is 5.71. The number of hydrogen-bond acceptors (Lipinski definition) is 3. The van der Waals surface area contributed by atoms with Crippen molar-refractivity contribution in [1.82, 2.24) is 9.97 Å². The van der Waals surface area contributed by atoms with Crippen molar-refractivity contribution in [3.63, 3.8) is 0 Å². The zero-order valence-corrected chi connectivity index (χ0v) is 14.9. The number of fused-ring (bicyclic) bond motifs is 2. The van der Waals surface area contributed by atoms with Crippen molar-refractivity contribution in [3.8, 4) is 11.1 Å². The Balaban J connectivity index is 1.51. The van der Waals surface area contributed by atoms with Crippen LogP contribution >= 0.6 is 0 Å². The first kappa shape index (κ1) is 16.4. The van der Waals surface area contributed by atoms with E-state index in [4.69, 9.17) is 4.74 Å². The Morgan fingerprint density at radius 1 is 1.26 bits per heavy atom. The fraction of sp³-hybridized carbons (Fsp3) is 0.333. The lowest BCUT2D eigenvalue weighted by Gasteiger charge is -2.27. The van der Waals surface area contributed by atoms with Crippen LogP contribution in [-0.2, 0) is 16.0 Å². The molecule has 5 rings (SSSR count).